The van der Waals surface area contributed by atoms with Crippen molar-refractivity contribution in [3.8, 4) is 0 Å². The molecular formula is C9H16N2O2. The van der Waals surface area contributed by atoms with Gasteiger partial charge in [0.25, 0.3) is 0 Å². The molecule has 0 aromatic rings. The van der Waals surface area contributed by atoms with Gasteiger partial charge in [0.15, 0.2) is 0 Å². The average Bonchev–Trinajstić information content (AvgIpc) is 2.43. The van der Waals surface area contributed by atoms with Crippen LogP contribution in [0.1, 0.15) is 20.8 Å². The number of nitrogens with zero attached hydrogens (tertiary/aromatic N) is 1. The van der Waals surface area contributed by atoms with Crippen LogP contribution in [-0.2, 0) is 9.53 Å². The number of nitrogens with one attached hydrogen (secondary N) is 1. The fraction of sp³-hybridized carbons (Fsp3) is 0.778. The Labute approximate surface area is 78.4 Å². The summed E-state index contributed by atoms with van der Waals surface area (Å²) in [4.78, 5) is 15.5. The van der Waals surface area contributed by atoms with E-state index in [1.54, 1.807) is 0 Å². The highest BCUT2D eigenvalue weighted by Gasteiger charge is 2.28. The van der Waals surface area contributed by atoms with Crippen LogP contribution in [0.3, 0.4) is 0 Å². The number of amidine groups is 1. The van der Waals surface area contributed by atoms with Crippen molar-refractivity contribution in [3.63, 3.8) is 0 Å². The maximum Gasteiger partial charge on any atom is 0.250 e. The van der Waals surface area contributed by atoms with Gasteiger partial charge in [0.1, 0.15) is 18.5 Å². The molecule has 1 amide bonds. The van der Waals surface area contributed by atoms with Crippen LogP contribution in [0.4, 0.5) is 0 Å². The molecule has 0 saturated carbocycles. The van der Waals surface area contributed by atoms with Crippen molar-refractivity contribution < 1.29 is 9.53 Å². The molecule has 4 nitrogen and oxygen atoms in total. The van der Waals surface area contributed by atoms with Gasteiger partial charge in [-0.3, -0.25) is 9.79 Å². The monoisotopic (exact) mass is 184 g/mol. The third-order valence-electron chi connectivity index (χ3n) is 1.91. The number of hydrogen-bond donors (Lipinski definition) is 1. The minimum Gasteiger partial charge on any atom is -0.374 e. The molecule has 74 valence electrons. The van der Waals surface area contributed by atoms with Crippen molar-refractivity contribution in [2.24, 2.45) is 10.9 Å². The Hall–Kier alpha value is -0.900. The fourth-order valence-electron chi connectivity index (χ4n) is 1.20. The standard InChI is InChI=1S/C9H16N2O2/c1-4-13-5-7-10-8(6(2)3)9(12)11-7/h6,8H,4-5H2,1-3H3,(H,10,11,12). The topological polar surface area (TPSA) is 50.7 Å². The molecule has 1 rings (SSSR count). The molecule has 1 heterocycles. The molecule has 0 saturated heterocycles. The maximum absolute atomic E-state index is 11.3. The molecular weight excluding hydrogens is 168 g/mol. The number of ether oxygens (including phenoxy) is 1. The van der Waals surface area contributed by atoms with E-state index in [9.17, 15) is 4.79 Å². The van der Waals surface area contributed by atoms with Crippen LogP contribution in [0, 0.1) is 5.92 Å². The van der Waals surface area contributed by atoms with Gasteiger partial charge in [-0.05, 0) is 12.8 Å². The van der Waals surface area contributed by atoms with Crippen LogP contribution in [0.15, 0.2) is 4.99 Å². The van der Waals surface area contributed by atoms with Crippen LogP contribution >= 0.6 is 0 Å². The summed E-state index contributed by atoms with van der Waals surface area (Å²) in [7, 11) is 0. The van der Waals surface area contributed by atoms with Gasteiger partial charge in [0.05, 0.1) is 0 Å². The SMILES string of the molecule is CCOCC1=NC(C(C)C)C(=O)N1. The van der Waals surface area contributed by atoms with E-state index in [0.29, 0.717) is 19.0 Å². The maximum atomic E-state index is 11.3. The number of rotatable bonds is 4. The molecule has 0 aromatic carbocycles. The number of carbonyl (C=O) groups excluding carboxylic acids is 1. The minimum absolute atomic E-state index is 0.00953. The summed E-state index contributed by atoms with van der Waals surface area (Å²) < 4.78 is 5.15. The molecule has 1 atom stereocenters. The van der Waals surface area contributed by atoms with Gasteiger partial charge in [-0.15, -0.1) is 0 Å². The highest BCUT2D eigenvalue weighted by atomic mass is 16.5. The second-order valence-corrected chi connectivity index (χ2v) is 3.39. The summed E-state index contributed by atoms with van der Waals surface area (Å²) in [6, 6.07) is -0.226. The van der Waals surface area contributed by atoms with Crippen LogP contribution in [0.5, 0.6) is 0 Å². The Balaban J connectivity index is 2.51. The summed E-state index contributed by atoms with van der Waals surface area (Å²) >= 11 is 0. The minimum atomic E-state index is -0.226. The molecule has 0 bridgehead atoms. The predicted molar refractivity (Wildman–Crippen MR) is 50.7 cm³/mol. The van der Waals surface area contributed by atoms with Gasteiger partial charge in [0, 0.05) is 6.61 Å². The van der Waals surface area contributed by atoms with E-state index < -0.39 is 0 Å². The van der Waals surface area contributed by atoms with Crippen LogP contribution in [0.25, 0.3) is 0 Å². The van der Waals surface area contributed by atoms with Crippen LogP contribution < -0.4 is 5.32 Å². The third-order valence-corrected chi connectivity index (χ3v) is 1.91. The molecule has 0 aliphatic carbocycles. The molecule has 0 spiro atoms. The molecule has 0 fully saturated rings. The van der Waals surface area contributed by atoms with E-state index in [1.165, 1.54) is 0 Å². The van der Waals surface area contributed by atoms with E-state index in [0.717, 1.165) is 0 Å². The Morgan fingerprint density at radius 1 is 1.62 bits per heavy atom. The van der Waals surface area contributed by atoms with Gasteiger partial charge in [-0.25, -0.2) is 0 Å². The Morgan fingerprint density at radius 2 is 2.31 bits per heavy atom. The lowest BCUT2D eigenvalue weighted by molar-refractivity contribution is -0.120. The van der Waals surface area contributed by atoms with E-state index >= 15 is 0 Å². The fourth-order valence-corrected chi connectivity index (χ4v) is 1.20. The van der Waals surface area contributed by atoms with Gasteiger partial charge in [0.2, 0.25) is 5.91 Å². The lowest BCUT2D eigenvalue weighted by Gasteiger charge is -2.06. The highest BCUT2D eigenvalue weighted by Crippen LogP contribution is 2.10. The summed E-state index contributed by atoms with van der Waals surface area (Å²) in [6.45, 7) is 6.93. The molecule has 1 unspecified atom stereocenters. The van der Waals surface area contributed by atoms with Crippen molar-refractivity contribution in [2.75, 3.05) is 13.2 Å². The second kappa shape index (κ2) is 4.37. The molecule has 4 heteroatoms. The molecule has 1 N–H and O–H groups in total. The van der Waals surface area contributed by atoms with Crippen molar-refractivity contribution in [1.82, 2.24) is 5.32 Å². The highest BCUT2D eigenvalue weighted by molar-refractivity contribution is 6.06. The number of hydrogen-bond acceptors (Lipinski definition) is 3. The zero-order chi connectivity index (χ0) is 9.84. The summed E-state index contributed by atoms with van der Waals surface area (Å²) in [6.07, 6.45) is 0. The van der Waals surface area contributed by atoms with Gasteiger partial charge < -0.3 is 10.1 Å². The number of aliphatic imine (C=N–C) groups is 1. The summed E-state index contributed by atoms with van der Waals surface area (Å²) in [5, 5.41) is 2.71. The van der Waals surface area contributed by atoms with E-state index in [1.807, 2.05) is 20.8 Å². The zero-order valence-electron chi connectivity index (χ0n) is 8.33. The molecule has 1 aliphatic heterocycles. The van der Waals surface area contributed by atoms with Crippen LogP contribution in [0.2, 0.25) is 0 Å². The molecule has 0 aromatic heterocycles. The summed E-state index contributed by atoms with van der Waals surface area (Å²) in [5.74, 6) is 0.898. The average molecular weight is 184 g/mol. The van der Waals surface area contributed by atoms with Gasteiger partial charge in [-0.1, -0.05) is 13.8 Å². The largest absolute Gasteiger partial charge is 0.374 e. The lowest BCUT2D eigenvalue weighted by Crippen LogP contribution is -2.32. The first-order valence-corrected chi connectivity index (χ1v) is 4.60. The lowest BCUT2D eigenvalue weighted by atomic mass is 10.1. The first kappa shape index (κ1) is 10.2. The van der Waals surface area contributed by atoms with E-state index in [2.05, 4.69) is 10.3 Å². The Bertz CT molecular complexity index is 224. The van der Waals surface area contributed by atoms with Gasteiger partial charge in [-0.2, -0.15) is 0 Å². The second-order valence-electron chi connectivity index (χ2n) is 3.39. The van der Waals surface area contributed by atoms with Crippen molar-refractivity contribution >= 4 is 11.7 Å². The number of amides is 1. The zero-order valence-corrected chi connectivity index (χ0v) is 8.33. The summed E-state index contributed by atoms with van der Waals surface area (Å²) in [5.41, 5.74) is 0. The Morgan fingerprint density at radius 3 is 2.77 bits per heavy atom. The van der Waals surface area contributed by atoms with Crippen LogP contribution in [-0.4, -0.2) is 31.0 Å². The predicted octanol–water partition coefficient (Wildman–Crippen LogP) is 0.576. The first-order valence-electron chi connectivity index (χ1n) is 4.60. The number of carbonyl (C=O) groups is 1. The van der Waals surface area contributed by atoms with E-state index in [-0.39, 0.29) is 17.9 Å². The quantitative estimate of drug-likeness (QED) is 0.694. The third kappa shape index (κ3) is 2.52. The Kier molecular flexibility index (Phi) is 3.42. The smallest absolute Gasteiger partial charge is 0.250 e. The van der Waals surface area contributed by atoms with Crippen molar-refractivity contribution in [3.05, 3.63) is 0 Å². The van der Waals surface area contributed by atoms with Crippen molar-refractivity contribution in [1.29, 1.82) is 0 Å². The molecule has 0 radical (unpaired) electrons. The van der Waals surface area contributed by atoms with E-state index in [4.69, 9.17) is 4.74 Å². The normalized spacial score (nSPS) is 22.0. The van der Waals surface area contributed by atoms with Crippen molar-refractivity contribution in [2.45, 2.75) is 26.8 Å². The van der Waals surface area contributed by atoms with Gasteiger partial charge >= 0.3 is 0 Å². The first-order chi connectivity index (χ1) is 6.15. The molecule has 1 aliphatic rings. The molecule has 13 heavy (non-hydrogen) atoms.